The van der Waals surface area contributed by atoms with Gasteiger partial charge in [0.05, 0.1) is 17.7 Å². The van der Waals surface area contributed by atoms with Gasteiger partial charge in [-0.2, -0.15) is 5.10 Å². The van der Waals surface area contributed by atoms with Gasteiger partial charge in [-0.3, -0.25) is 15.5 Å². The van der Waals surface area contributed by atoms with Crippen molar-refractivity contribution in [1.82, 2.24) is 0 Å². The summed E-state index contributed by atoms with van der Waals surface area (Å²) in [5.74, 6) is 0.547. The number of ether oxygens (including phenoxy) is 1. The zero-order chi connectivity index (χ0) is 16.1. The minimum Gasteiger partial charge on any atom is -0.507 e. The number of nitrogens with zero attached hydrogens (tertiary/aromatic N) is 2. The van der Waals surface area contributed by atoms with Crippen molar-refractivity contribution < 1.29 is 14.8 Å². The van der Waals surface area contributed by atoms with E-state index in [2.05, 4.69) is 10.5 Å². The Hall–Kier alpha value is -3.09. The van der Waals surface area contributed by atoms with Crippen LogP contribution in [0.2, 0.25) is 0 Å². The van der Waals surface area contributed by atoms with Gasteiger partial charge in [0.25, 0.3) is 5.69 Å². The Bertz CT molecular complexity index is 728. The first-order valence-corrected chi connectivity index (χ1v) is 6.44. The molecule has 0 atom stereocenters. The van der Waals surface area contributed by atoms with Gasteiger partial charge in [0.1, 0.15) is 17.2 Å². The molecular weight excluding hydrogens is 286 g/mol. The van der Waals surface area contributed by atoms with Crippen LogP contribution < -0.4 is 10.2 Å². The Kier molecular flexibility index (Phi) is 4.57. The van der Waals surface area contributed by atoms with E-state index >= 15 is 0 Å². The van der Waals surface area contributed by atoms with Gasteiger partial charge in [0.2, 0.25) is 0 Å². The number of phenolic OH excluding ortho intramolecular Hbond substituents is 1. The highest BCUT2D eigenvalue weighted by Gasteiger charge is 2.12. The molecule has 2 aromatic rings. The maximum absolute atomic E-state index is 10.9. The van der Waals surface area contributed by atoms with Crippen LogP contribution in [0.3, 0.4) is 0 Å². The molecule has 0 radical (unpaired) electrons. The van der Waals surface area contributed by atoms with Crippen LogP contribution in [0.4, 0.5) is 11.4 Å². The third-order valence-electron chi connectivity index (χ3n) is 3.04. The van der Waals surface area contributed by atoms with Gasteiger partial charge in [-0.1, -0.05) is 12.1 Å². The Morgan fingerprint density at radius 3 is 2.68 bits per heavy atom. The van der Waals surface area contributed by atoms with E-state index in [1.54, 1.807) is 37.3 Å². The minimum atomic E-state index is -0.488. The number of methoxy groups -OCH3 is 1. The molecule has 2 rings (SSSR count). The molecule has 0 fully saturated rings. The second-order valence-corrected chi connectivity index (χ2v) is 4.47. The van der Waals surface area contributed by atoms with Crippen LogP contribution in [0, 0.1) is 10.1 Å². The highest BCUT2D eigenvalue weighted by Crippen LogP contribution is 2.25. The molecule has 0 aliphatic heterocycles. The molecular formula is C15H15N3O4. The second-order valence-electron chi connectivity index (χ2n) is 4.47. The number of nitro groups is 1. The number of benzene rings is 2. The SMILES string of the molecule is COc1ccc(C(C)=NNc2ccccc2[N+](=O)[O-])c(O)c1. The average Bonchev–Trinajstić information content (AvgIpc) is 2.52. The van der Waals surface area contributed by atoms with Crippen molar-refractivity contribution in [2.45, 2.75) is 6.92 Å². The van der Waals surface area contributed by atoms with E-state index in [0.717, 1.165) is 0 Å². The molecule has 0 bridgehead atoms. The molecule has 7 nitrogen and oxygen atoms in total. The summed E-state index contributed by atoms with van der Waals surface area (Å²) in [4.78, 5) is 10.4. The first-order chi connectivity index (χ1) is 10.5. The molecule has 0 amide bonds. The Balaban J connectivity index is 2.25. The number of hydrazone groups is 1. The third kappa shape index (κ3) is 3.32. The summed E-state index contributed by atoms with van der Waals surface area (Å²) >= 11 is 0. The van der Waals surface area contributed by atoms with Gasteiger partial charge in [0, 0.05) is 17.7 Å². The first-order valence-electron chi connectivity index (χ1n) is 6.44. The van der Waals surface area contributed by atoms with Gasteiger partial charge in [-0.05, 0) is 25.1 Å². The molecule has 0 aromatic heterocycles. The summed E-state index contributed by atoms with van der Waals surface area (Å²) in [5.41, 5.74) is 3.85. The lowest BCUT2D eigenvalue weighted by Gasteiger charge is -2.07. The molecule has 2 N–H and O–H groups in total. The van der Waals surface area contributed by atoms with Crippen LogP contribution in [-0.2, 0) is 0 Å². The van der Waals surface area contributed by atoms with Crippen molar-refractivity contribution in [3.05, 3.63) is 58.1 Å². The average molecular weight is 301 g/mol. The summed E-state index contributed by atoms with van der Waals surface area (Å²) < 4.78 is 5.01. The molecule has 22 heavy (non-hydrogen) atoms. The summed E-state index contributed by atoms with van der Waals surface area (Å²) in [6.45, 7) is 1.68. The molecule has 2 aromatic carbocycles. The second kappa shape index (κ2) is 6.57. The van der Waals surface area contributed by atoms with Crippen molar-refractivity contribution in [3.63, 3.8) is 0 Å². The number of nitro benzene ring substituents is 1. The summed E-state index contributed by atoms with van der Waals surface area (Å²) in [6.07, 6.45) is 0. The lowest BCUT2D eigenvalue weighted by atomic mass is 10.1. The predicted molar refractivity (Wildman–Crippen MR) is 83.6 cm³/mol. The van der Waals surface area contributed by atoms with Crippen molar-refractivity contribution in [2.75, 3.05) is 12.5 Å². The zero-order valence-corrected chi connectivity index (χ0v) is 12.1. The highest BCUT2D eigenvalue weighted by molar-refractivity contribution is 6.01. The normalized spacial score (nSPS) is 11.1. The molecule has 0 heterocycles. The largest absolute Gasteiger partial charge is 0.507 e. The molecule has 114 valence electrons. The van der Waals surface area contributed by atoms with E-state index in [0.29, 0.717) is 17.0 Å². The van der Waals surface area contributed by atoms with Gasteiger partial charge < -0.3 is 9.84 Å². The fraction of sp³-hybridized carbons (Fsp3) is 0.133. The van der Waals surface area contributed by atoms with Crippen molar-refractivity contribution in [2.24, 2.45) is 5.10 Å². The van der Waals surface area contributed by atoms with E-state index in [9.17, 15) is 15.2 Å². The van der Waals surface area contributed by atoms with Crippen molar-refractivity contribution in [3.8, 4) is 11.5 Å². The number of phenols is 1. The number of rotatable bonds is 5. The number of anilines is 1. The van der Waals surface area contributed by atoms with E-state index in [-0.39, 0.29) is 17.1 Å². The molecule has 0 saturated heterocycles. The van der Waals surface area contributed by atoms with Gasteiger partial charge >= 0.3 is 0 Å². The number of hydrogen-bond donors (Lipinski definition) is 2. The lowest BCUT2D eigenvalue weighted by molar-refractivity contribution is -0.384. The van der Waals surface area contributed by atoms with Crippen LogP contribution in [0.1, 0.15) is 12.5 Å². The maximum Gasteiger partial charge on any atom is 0.294 e. The van der Waals surface area contributed by atoms with E-state index < -0.39 is 4.92 Å². The summed E-state index contributed by atoms with van der Waals surface area (Å²) in [6, 6.07) is 11.0. The zero-order valence-electron chi connectivity index (χ0n) is 12.1. The maximum atomic E-state index is 10.9. The number of nitrogens with one attached hydrogen (secondary N) is 1. The molecule has 7 heteroatoms. The van der Waals surface area contributed by atoms with E-state index in [4.69, 9.17) is 4.74 Å². The molecule has 0 aliphatic rings. The highest BCUT2D eigenvalue weighted by atomic mass is 16.6. The smallest absolute Gasteiger partial charge is 0.294 e. The quantitative estimate of drug-likeness (QED) is 0.502. The van der Waals surface area contributed by atoms with Crippen molar-refractivity contribution >= 4 is 17.1 Å². The van der Waals surface area contributed by atoms with Crippen LogP contribution >= 0.6 is 0 Å². The van der Waals surface area contributed by atoms with Gasteiger partial charge in [-0.15, -0.1) is 0 Å². The van der Waals surface area contributed by atoms with E-state index in [1.165, 1.54) is 19.2 Å². The van der Waals surface area contributed by atoms with Crippen molar-refractivity contribution in [1.29, 1.82) is 0 Å². The van der Waals surface area contributed by atoms with Crippen LogP contribution in [0.15, 0.2) is 47.6 Å². The number of aromatic hydroxyl groups is 1. The molecule has 0 saturated carbocycles. The predicted octanol–water partition coefficient (Wildman–Crippen LogP) is 3.15. The Morgan fingerprint density at radius 2 is 2.05 bits per heavy atom. The molecule has 0 unspecified atom stereocenters. The third-order valence-corrected chi connectivity index (χ3v) is 3.04. The number of para-hydroxylation sites is 2. The van der Waals surface area contributed by atoms with Gasteiger partial charge in [-0.25, -0.2) is 0 Å². The summed E-state index contributed by atoms with van der Waals surface area (Å²) in [5, 5.41) is 24.9. The molecule has 0 spiro atoms. The standard InChI is InChI=1S/C15H15N3O4/c1-10(12-8-7-11(22-2)9-15(12)19)16-17-13-5-3-4-6-14(13)18(20)21/h3-9,17,19H,1-2H3. The lowest BCUT2D eigenvalue weighted by Crippen LogP contribution is -2.02. The summed E-state index contributed by atoms with van der Waals surface area (Å²) in [7, 11) is 1.51. The van der Waals surface area contributed by atoms with Gasteiger partial charge in [0.15, 0.2) is 0 Å². The Labute approximate surface area is 127 Å². The van der Waals surface area contributed by atoms with Crippen LogP contribution in [-0.4, -0.2) is 22.9 Å². The topological polar surface area (TPSA) is 97.0 Å². The molecule has 0 aliphatic carbocycles. The Morgan fingerprint density at radius 1 is 1.32 bits per heavy atom. The first kappa shape index (κ1) is 15.3. The minimum absolute atomic E-state index is 0.0185. The monoisotopic (exact) mass is 301 g/mol. The van der Waals surface area contributed by atoms with E-state index in [1.807, 2.05) is 0 Å². The fourth-order valence-corrected chi connectivity index (χ4v) is 1.88. The number of hydrogen-bond acceptors (Lipinski definition) is 6. The van der Waals surface area contributed by atoms with Crippen LogP contribution in [0.25, 0.3) is 0 Å². The van der Waals surface area contributed by atoms with Crippen LogP contribution in [0.5, 0.6) is 11.5 Å². The fourth-order valence-electron chi connectivity index (χ4n) is 1.88.